The number of thiophene rings is 1. The zero-order valence-corrected chi connectivity index (χ0v) is 12.2. The lowest BCUT2D eigenvalue weighted by Gasteiger charge is -1.96. The molecule has 96 valence electrons. The largest absolute Gasteiger partial charge is 0.397 e. The Morgan fingerprint density at radius 1 is 1.21 bits per heavy atom. The summed E-state index contributed by atoms with van der Waals surface area (Å²) in [6.07, 6.45) is 0.641. The minimum atomic E-state index is 0.486. The van der Waals surface area contributed by atoms with Gasteiger partial charge in [-0.3, -0.25) is 0 Å². The number of aromatic nitrogens is 2. The van der Waals surface area contributed by atoms with Gasteiger partial charge in [0.15, 0.2) is 5.82 Å². The minimum Gasteiger partial charge on any atom is -0.397 e. The molecule has 2 aromatic heterocycles. The van der Waals surface area contributed by atoms with E-state index in [9.17, 15) is 0 Å². The van der Waals surface area contributed by atoms with Crippen molar-refractivity contribution < 1.29 is 4.52 Å². The first-order valence-corrected chi connectivity index (χ1v) is 7.30. The second kappa shape index (κ2) is 5.14. The second-order valence-corrected chi connectivity index (χ2v) is 5.86. The van der Waals surface area contributed by atoms with Crippen molar-refractivity contribution in [3.8, 4) is 10.8 Å². The fourth-order valence-corrected chi connectivity index (χ4v) is 2.70. The van der Waals surface area contributed by atoms with Gasteiger partial charge in [-0.1, -0.05) is 33.2 Å². The fraction of sp³-hybridized carbons (Fsp3) is 0.0769. The number of hydrogen-bond acceptors (Lipinski definition) is 5. The van der Waals surface area contributed by atoms with Crippen molar-refractivity contribution >= 4 is 33.0 Å². The molecule has 4 nitrogen and oxygen atoms in total. The molecule has 3 aromatic rings. The molecule has 3 rings (SSSR count). The van der Waals surface area contributed by atoms with Gasteiger partial charge in [0.1, 0.15) is 4.88 Å². The van der Waals surface area contributed by atoms with E-state index in [4.69, 9.17) is 10.3 Å². The van der Waals surface area contributed by atoms with E-state index >= 15 is 0 Å². The van der Waals surface area contributed by atoms with Crippen molar-refractivity contribution in [2.45, 2.75) is 6.42 Å². The zero-order valence-electron chi connectivity index (χ0n) is 9.84. The fourth-order valence-electron chi connectivity index (χ4n) is 1.70. The van der Waals surface area contributed by atoms with Gasteiger partial charge in [0.25, 0.3) is 5.89 Å². The molecular weight excluding hydrogens is 326 g/mol. The topological polar surface area (TPSA) is 64.9 Å². The molecular formula is C13H10BrN3OS. The quantitative estimate of drug-likeness (QED) is 0.791. The highest BCUT2D eigenvalue weighted by atomic mass is 79.9. The van der Waals surface area contributed by atoms with Crippen LogP contribution in [0.1, 0.15) is 11.4 Å². The number of anilines is 1. The van der Waals surface area contributed by atoms with Gasteiger partial charge in [-0.15, -0.1) is 11.3 Å². The van der Waals surface area contributed by atoms with E-state index in [1.165, 1.54) is 11.3 Å². The first-order chi connectivity index (χ1) is 9.22. The van der Waals surface area contributed by atoms with Crippen molar-refractivity contribution in [1.29, 1.82) is 0 Å². The molecule has 19 heavy (non-hydrogen) atoms. The SMILES string of the molecule is Nc1ccsc1-c1nc(Cc2ccc(Br)cc2)no1. The van der Waals surface area contributed by atoms with Gasteiger partial charge < -0.3 is 10.3 Å². The van der Waals surface area contributed by atoms with Crippen LogP contribution >= 0.6 is 27.3 Å². The van der Waals surface area contributed by atoms with E-state index in [-0.39, 0.29) is 0 Å². The number of halogens is 1. The Bertz CT molecular complexity index is 690. The molecule has 2 heterocycles. The first-order valence-electron chi connectivity index (χ1n) is 5.63. The van der Waals surface area contributed by atoms with E-state index in [1.807, 2.05) is 35.7 Å². The maximum atomic E-state index is 5.83. The average Bonchev–Trinajstić information content (AvgIpc) is 3.01. The number of nitrogens with two attached hydrogens (primary N) is 1. The lowest BCUT2D eigenvalue weighted by atomic mass is 10.1. The molecule has 6 heteroatoms. The van der Waals surface area contributed by atoms with Gasteiger partial charge in [0.2, 0.25) is 0 Å². The zero-order chi connectivity index (χ0) is 13.2. The molecule has 1 aromatic carbocycles. The summed E-state index contributed by atoms with van der Waals surface area (Å²) in [5, 5.41) is 5.89. The summed E-state index contributed by atoms with van der Waals surface area (Å²) >= 11 is 4.90. The van der Waals surface area contributed by atoms with Gasteiger partial charge in [-0.25, -0.2) is 0 Å². The average molecular weight is 336 g/mol. The van der Waals surface area contributed by atoms with E-state index in [0.29, 0.717) is 23.8 Å². The van der Waals surface area contributed by atoms with Crippen molar-refractivity contribution in [3.63, 3.8) is 0 Å². The molecule has 0 saturated carbocycles. The second-order valence-electron chi connectivity index (χ2n) is 4.02. The number of hydrogen-bond donors (Lipinski definition) is 1. The van der Waals surface area contributed by atoms with Crippen LogP contribution in [0.25, 0.3) is 10.8 Å². The van der Waals surface area contributed by atoms with Crippen LogP contribution in [-0.2, 0) is 6.42 Å². The van der Waals surface area contributed by atoms with Crippen LogP contribution in [0.2, 0.25) is 0 Å². The Kier molecular flexibility index (Phi) is 3.35. The van der Waals surface area contributed by atoms with E-state index < -0.39 is 0 Å². The van der Waals surface area contributed by atoms with Crippen molar-refractivity contribution in [2.75, 3.05) is 5.73 Å². The maximum absolute atomic E-state index is 5.83. The molecule has 0 atom stereocenters. The molecule has 0 aliphatic carbocycles. The summed E-state index contributed by atoms with van der Waals surface area (Å²) in [5.74, 6) is 1.14. The molecule has 0 aliphatic rings. The van der Waals surface area contributed by atoms with Crippen LogP contribution in [0.4, 0.5) is 5.69 Å². The maximum Gasteiger partial charge on any atom is 0.270 e. The standard InChI is InChI=1S/C13H10BrN3OS/c14-9-3-1-8(2-4-9)7-11-16-13(18-17-11)12-10(15)5-6-19-12/h1-6H,7,15H2. The lowest BCUT2D eigenvalue weighted by Crippen LogP contribution is -1.90. The van der Waals surface area contributed by atoms with Crippen LogP contribution in [0.3, 0.4) is 0 Å². The van der Waals surface area contributed by atoms with E-state index in [0.717, 1.165) is 14.9 Å². The van der Waals surface area contributed by atoms with Gasteiger partial charge in [0, 0.05) is 10.9 Å². The monoisotopic (exact) mass is 335 g/mol. The molecule has 0 radical (unpaired) electrons. The molecule has 0 amide bonds. The Labute approximate surface area is 122 Å². The highest BCUT2D eigenvalue weighted by Crippen LogP contribution is 2.30. The predicted octanol–water partition coefficient (Wildman–Crippen LogP) is 3.73. The van der Waals surface area contributed by atoms with E-state index in [1.54, 1.807) is 0 Å². The summed E-state index contributed by atoms with van der Waals surface area (Å²) in [5.41, 5.74) is 7.63. The van der Waals surface area contributed by atoms with Crippen LogP contribution in [0.15, 0.2) is 44.7 Å². The van der Waals surface area contributed by atoms with Crippen LogP contribution in [0, 0.1) is 0 Å². The highest BCUT2D eigenvalue weighted by Gasteiger charge is 2.13. The van der Waals surface area contributed by atoms with E-state index in [2.05, 4.69) is 26.1 Å². The first kappa shape index (κ1) is 12.4. The van der Waals surface area contributed by atoms with Gasteiger partial charge in [-0.05, 0) is 29.1 Å². The van der Waals surface area contributed by atoms with Gasteiger partial charge in [0.05, 0.1) is 5.69 Å². The Hall–Kier alpha value is -1.66. The Balaban J connectivity index is 1.82. The summed E-state index contributed by atoms with van der Waals surface area (Å²) < 4.78 is 6.30. The summed E-state index contributed by atoms with van der Waals surface area (Å²) in [6, 6.07) is 9.87. The van der Waals surface area contributed by atoms with Crippen molar-refractivity contribution in [1.82, 2.24) is 10.1 Å². The summed E-state index contributed by atoms with van der Waals surface area (Å²) in [4.78, 5) is 5.20. The Morgan fingerprint density at radius 3 is 2.68 bits per heavy atom. The van der Waals surface area contributed by atoms with Crippen molar-refractivity contribution in [2.24, 2.45) is 0 Å². The highest BCUT2D eigenvalue weighted by molar-refractivity contribution is 9.10. The molecule has 0 unspecified atom stereocenters. The molecule has 2 N–H and O–H groups in total. The number of nitrogens with zero attached hydrogens (tertiary/aromatic N) is 2. The van der Waals surface area contributed by atoms with Crippen LogP contribution < -0.4 is 5.73 Å². The number of nitrogen functional groups attached to an aromatic ring is 1. The smallest absolute Gasteiger partial charge is 0.270 e. The third kappa shape index (κ3) is 2.69. The lowest BCUT2D eigenvalue weighted by molar-refractivity contribution is 0.425. The molecule has 0 spiro atoms. The van der Waals surface area contributed by atoms with Gasteiger partial charge >= 0.3 is 0 Å². The van der Waals surface area contributed by atoms with Gasteiger partial charge in [-0.2, -0.15) is 4.98 Å². The van der Waals surface area contributed by atoms with Crippen LogP contribution in [0.5, 0.6) is 0 Å². The normalized spacial score (nSPS) is 10.8. The van der Waals surface area contributed by atoms with Crippen molar-refractivity contribution in [3.05, 3.63) is 51.6 Å². The Morgan fingerprint density at radius 2 is 2.00 bits per heavy atom. The minimum absolute atomic E-state index is 0.486. The third-order valence-corrected chi connectivity index (χ3v) is 4.08. The summed E-state index contributed by atoms with van der Waals surface area (Å²) in [6.45, 7) is 0. The third-order valence-electron chi connectivity index (χ3n) is 2.63. The number of benzene rings is 1. The molecule has 0 fully saturated rings. The molecule has 0 saturated heterocycles. The molecule has 0 aliphatic heterocycles. The van der Waals surface area contributed by atoms with Crippen LogP contribution in [-0.4, -0.2) is 10.1 Å². The number of rotatable bonds is 3. The summed E-state index contributed by atoms with van der Waals surface area (Å²) in [7, 11) is 0. The molecule has 0 bridgehead atoms. The predicted molar refractivity (Wildman–Crippen MR) is 79.0 cm³/mol.